The second kappa shape index (κ2) is 5.36. The third kappa shape index (κ3) is 2.46. The molecule has 2 rings (SSSR count). The molecule has 0 aliphatic heterocycles. The molecular formula is C16H15ClO. The fourth-order valence-corrected chi connectivity index (χ4v) is 2.13. The quantitative estimate of drug-likeness (QED) is 0.715. The van der Waals surface area contributed by atoms with Crippen molar-refractivity contribution in [3.63, 3.8) is 0 Å². The van der Waals surface area contributed by atoms with Gasteiger partial charge in [0.05, 0.1) is 0 Å². The third-order valence-corrected chi connectivity index (χ3v) is 3.52. The van der Waals surface area contributed by atoms with Crippen LogP contribution >= 0.6 is 11.6 Å². The van der Waals surface area contributed by atoms with Crippen molar-refractivity contribution in [2.45, 2.75) is 20.3 Å². The Kier molecular flexibility index (Phi) is 3.83. The minimum Gasteiger partial charge on any atom is -0.294 e. The van der Waals surface area contributed by atoms with E-state index in [9.17, 15) is 4.79 Å². The Balaban J connectivity index is 2.40. The molecule has 18 heavy (non-hydrogen) atoms. The van der Waals surface area contributed by atoms with Crippen molar-refractivity contribution in [3.8, 4) is 11.1 Å². The Morgan fingerprint density at radius 3 is 2.39 bits per heavy atom. The number of ketones is 1. The highest BCUT2D eigenvalue weighted by Crippen LogP contribution is 2.28. The Bertz CT molecular complexity index is 570. The van der Waals surface area contributed by atoms with Crippen LogP contribution in [0.25, 0.3) is 11.1 Å². The highest BCUT2D eigenvalue weighted by Gasteiger charge is 2.06. The molecular weight excluding hydrogens is 244 g/mol. The predicted octanol–water partition coefficient (Wildman–Crippen LogP) is 4.91. The normalized spacial score (nSPS) is 10.4. The van der Waals surface area contributed by atoms with Crippen molar-refractivity contribution in [2.75, 3.05) is 0 Å². The number of hydrogen-bond acceptors (Lipinski definition) is 1. The third-order valence-electron chi connectivity index (χ3n) is 3.11. The maximum absolute atomic E-state index is 11.6. The Hall–Kier alpha value is -1.60. The minimum atomic E-state index is 0.171. The first-order chi connectivity index (χ1) is 8.63. The van der Waals surface area contributed by atoms with E-state index in [0.29, 0.717) is 6.42 Å². The number of carbonyl (C=O) groups excluding carboxylic acids is 1. The van der Waals surface area contributed by atoms with E-state index in [4.69, 9.17) is 11.6 Å². The van der Waals surface area contributed by atoms with Gasteiger partial charge in [0.2, 0.25) is 0 Å². The van der Waals surface area contributed by atoms with E-state index in [0.717, 1.165) is 27.3 Å². The highest BCUT2D eigenvalue weighted by atomic mass is 35.5. The Labute approximate surface area is 112 Å². The van der Waals surface area contributed by atoms with Gasteiger partial charge >= 0.3 is 0 Å². The zero-order chi connectivity index (χ0) is 13.1. The molecule has 0 saturated carbocycles. The van der Waals surface area contributed by atoms with Crippen molar-refractivity contribution in [3.05, 3.63) is 58.6 Å². The van der Waals surface area contributed by atoms with Crippen molar-refractivity contribution in [2.24, 2.45) is 0 Å². The van der Waals surface area contributed by atoms with Gasteiger partial charge in [-0.1, -0.05) is 54.9 Å². The maximum Gasteiger partial charge on any atom is 0.162 e. The fraction of sp³-hybridized carbons (Fsp3) is 0.188. The number of carbonyl (C=O) groups is 1. The molecule has 0 aromatic heterocycles. The fourth-order valence-electron chi connectivity index (χ4n) is 1.96. The van der Waals surface area contributed by atoms with Crippen LogP contribution in [0.3, 0.4) is 0 Å². The van der Waals surface area contributed by atoms with Gasteiger partial charge in [0.25, 0.3) is 0 Å². The van der Waals surface area contributed by atoms with E-state index in [1.807, 2.05) is 56.3 Å². The minimum absolute atomic E-state index is 0.171. The van der Waals surface area contributed by atoms with E-state index >= 15 is 0 Å². The molecule has 1 nitrogen and oxygen atoms in total. The first kappa shape index (κ1) is 12.8. The van der Waals surface area contributed by atoms with Gasteiger partial charge in [0.1, 0.15) is 0 Å². The number of Topliss-reactive ketones (excluding diaryl/α,β-unsaturated/α-hetero) is 1. The average Bonchev–Trinajstić information content (AvgIpc) is 2.41. The second-order valence-corrected chi connectivity index (χ2v) is 4.67. The summed E-state index contributed by atoms with van der Waals surface area (Å²) in [5.41, 5.74) is 4.02. The van der Waals surface area contributed by atoms with Gasteiger partial charge in [-0.05, 0) is 29.7 Å². The first-order valence-corrected chi connectivity index (χ1v) is 6.40. The van der Waals surface area contributed by atoms with Crippen LogP contribution in [0.15, 0.2) is 42.5 Å². The Morgan fingerprint density at radius 2 is 1.78 bits per heavy atom. The first-order valence-electron chi connectivity index (χ1n) is 6.02. The van der Waals surface area contributed by atoms with E-state index in [1.54, 1.807) is 0 Å². The van der Waals surface area contributed by atoms with Gasteiger partial charge in [0, 0.05) is 17.0 Å². The zero-order valence-electron chi connectivity index (χ0n) is 10.5. The van der Waals surface area contributed by atoms with Crippen LogP contribution in [-0.2, 0) is 0 Å². The van der Waals surface area contributed by atoms with Crippen LogP contribution in [0.1, 0.15) is 29.3 Å². The van der Waals surface area contributed by atoms with E-state index < -0.39 is 0 Å². The molecule has 2 heteroatoms. The van der Waals surface area contributed by atoms with Crippen LogP contribution in [-0.4, -0.2) is 5.78 Å². The van der Waals surface area contributed by atoms with Gasteiger partial charge in [-0.3, -0.25) is 4.79 Å². The molecule has 0 bridgehead atoms. The van der Waals surface area contributed by atoms with E-state index in [-0.39, 0.29) is 5.78 Å². The van der Waals surface area contributed by atoms with E-state index in [2.05, 4.69) is 0 Å². The van der Waals surface area contributed by atoms with Gasteiger partial charge in [0.15, 0.2) is 5.78 Å². The predicted molar refractivity (Wildman–Crippen MR) is 76.2 cm³/mol. The lowest BCUT2D eigenvalue weighted by Gasteiger charge is -2.08. The van der Waals surface area contributed by atoms with Crippen molar-refractivity contribution in [1.29, 1.82) is 0 Å². The van der Waals surface area contributed by atoms with Gasteiger partial charge in [-0.2, -0.15) is 0 Å². The van der Waals surface area contributed by atoms with Crippen LogP contribution in [0.4, 0.5) is 0 Å². The van der Waals surface area contributed by atoms with Gasteiger partial charge < -0.3 is 0 Å². The summed E-state index contributed by atoms with van der Waals surface area (Å²) in [4.78, 5) is 11.6. The van der Waals surface area contributed by atoms with Gasteiger partial charge in [-0.15, -0.1) is 0 Å². The summed E-state index contributed by atoms with van der Waals surface area (Å²) in [6, 6.07) is 13.6. The average molecular weight is 259 g/mol. The molecule has 0 radical (unpaired) electrons. The number of hydrogen-bond donors (Lipinski definition) is 0. The topological polar surface area (TPSA) is 17.1 Å². The number of benzene rings is 2. The van der Waals surface area contributed by atoms with Crippen LogP contribution in [0.5, 0.6) is 0 Å². The summed E-state index contributed by atoms with van der Waals surface area (Å²) in [5, 5.41) is 0.765. The molecule has 0 saturated heterocycles. The second-order valence-electron chi connectivity index (χ2n) is 4.27. The molecule has 0 unspecified atom stereocenters. The van der Waals surface area contributed by atoms with Crippen molar-refractivity contribution < 1.29 is 4.79 Å². The summed E-state index contributed by atoms with van der Waals surface area (Å²) < 4.78 is 0. The highest BCUT2D eigenvalue weighted by molar-refractivity contribution is 6.31. The van der Waals surface area contributed by atoms with Crippen LogP contribution < -0.4 is 0 Å². The smallest absolute Gasteiger partial charge is 0.162 e. The molecule has 0 fully saturated rings. The lowest BCUT2D eigenvalue weighted by Crippen LogP contribution is -1.95. The monoisotopic (exact) mass is 258 g/mol. The van der Waals surface area contributed by atoms with Crippen molar-refractivity contribution in [1.82, 2.24) is 0 Å². The van der Waals surface area contributed by atoms with Crippen LogP contribution in [0.2, 0.25) is 5.02 Å². The molecule has 0 aliphatic carbocycles. The summed E-state index contributed by atoms with van der Waals surface area (Å²) in [6.07, 6.45) is 0.537. The van der Waals surface area contributed by atoms with E-state index in [1.165, 1.54) is 0 Å². The lowest BCUT2D eigenvalue weighted by atomic mass is 9.98. The van der Waals surface area contributed by atoms with Gasteiger partial charge in [-0.25, -0.2) is 0 Å². The summed E-state index contributed by atoms with van der Waals surface area (Å²) in [5.74, 6) is 0.171. The molecule has 0 atom stereocenters. The lowest BCUT2D eigenvalue weighted by molar-refractivity contribution is 0.0988. The molecule has 0 N–H and O–H groups in total. The molecule has 0 spiro atoms. The maximum atomic E-state index is 11.6. The van der Waals surface area contributed by atoms with Crippen LogP contribution in [0, 0.1) is 6.92 Å². The zero-order valence-corrected chi connectivity index (χ0v) is 11.3. The molecule has 0 heterocycles. The Morgan fingerprint density at radius 1 is 1.11 bits per heavy atom. The summed E-state index contributed by atoms with van der Waals surface area (Å²) >= 11 is 6.11. The number of rotatable bonds is 3. The number of halogens is 1. The van der Waals surface area contributed by atoms with Crippen molar-refractivity contribution >= 4 is 17.4 Å². The molecule has 2 aromatic carbocycles. The molecule has 92 valence electrons. The largest absolute Gasteiger partial charge is 0.294 e. The molecule has 2 aromatic rings. The summed E-state index contributed by atoms with van der Waals surface area (Å²) in [6.45, 7) is 3.88. The summed E-state index contributed by atoms with van der Waals surface area (Å²) in [7, 11) is 0. The molecule has 0 aliphatic rings. The molecule has 0 amide bonds. The SMILES string of the molecule is CCC(=O)c1ccc(-c2cccc(Cl)c2C)cc1. The standard InChI is InChI=1S/C16H15ClO/c1-3-16(18)13-9-7-12(8-10-13)14-5-4-6-15(17)11(14)2/h4-10H,3H2,1-2H3.